The largest absolute Gasteiger partial charge is 0.870 e. The van der Waals surface area contributed by atoms with E-state index < -0.39 is 6.09 Å². The molecular weight excluding hydrogens is 197 g/mol. The topological polar surface area (TPSA) is 98.3 Å². The molecule has 0 aromatic heterocycles. The smallest absolute Gasteiger partial charge is 0.870 e. The summed E-state index contributed by atoms with van der Waals surface area (Å²) < 4.78 is 4.69. The fraction of sp³-hybridized carbons (Fsp3) is 0.222. The quantitative estimate of drug-likeness (QED) is 0.724. The number of rotatable bonds is 2. The fourth-order valence-corrected chi connectivity index (χ4v) is 0.901. The molecule has 0 aliphatic heterocycles. The summed E-state index contributed by atoms with van der Waals surface area (Å²) in [6, 6.07) is 6.91. The monoisotopic (exact) mass is 209 g/mol. The van der Waals surface area contributed by atoms with Crippen molar-refractivity contribution in [1.29, 1.82) is 0 Å². The van der Waals surface area contributed by atoms with Crippen LogP contribution in [-0.2, 0) is 4.74 Å². The van der Waals surface area contributed by atoms with Crippen LogP contribution < -0.4 is 10.8 Å². The summed E-state index contributed by atoms with van der Waals surface area (Å²) in [7, 11) is 5.52. The Kier molecular flexibility index (Phi) is 8.32. The first kappa shape index (κ1) is 15.9. The number of carbonyl (C=O) groups is 1. The van der Waals surface area contributed by atoms with Gasteiger partial charge in [0.25, 0.3) is 0 Å². The van der Waals surface area contributed by atoms with E-state index in [0.29, 0.717) is 17.8 Å². The van der Waals surface area contributed by atoms with Crippen LogP contribution in [0.2, 0.25) is 0 Å². The van der Waals surface area contributed by atoms with Gasteiger partial charge in [-0.15, -0.1) is 0 Å². The van der Waals surface area contributed by atoms with Gasteiger partial charge < -0.3 is 11.0 Å². The average molecular weight is 209 g/mol. The third kappa shape index (κ3) is 5.72. The van der Waals surface area contributed by atoms with Crippen LogP contribution >= 0.6 is 0 Å². The minimum atomic E-state index is -0.465. The van der Waals surface area contributed by atoms with Gasteiger partial charge in [0.05, 0.1) is 0 Å². The van der Waals surface area contributed by atoms with Crippen molar-refractivity contribution in [2.75, 3.05) is 11.9 Å². The van der Waals surface area contributed by atoms with Crippen LogP contribution in [0.25, 0.3) is 0 Å². The maximum Gasteiger partial charge on any atom is -0.870 e. The van der Waals surface area contributed by atoms with Crippen molar-refractivity contribution in [3.63, 3.8) is 0 Å². The molecule has 0 saturated carbocycles. The van der Waals surface area contributed by atoms with Crippen molar-refractivity contribution in [2.24, 2.45) is 0 Å². The third-order valence-corrected chi connectivity index (χ3v) is 1.41. The molecule has 0 radical (unpaired) electrons. The summed E-state index contributed by atoms with van der Waals surface area (Å²) in [5.74, 6) is 0. The SMILES string of the molecule is [B+2]c1cccc(NC(=O)OCC)c1.[OH-].[OH-]. The molecule has 0 saturated heterocycles. The van der Waals surface area contributed by atoms with Gasteiger partial charge in [-0.25, -0.2) is 0 Å². The van der Waals surface area contributed by atoms with Gasteiger partial charge in [0.2, 0.25) is 0 Å². The molecule has 1 amide bonds. The summed E-state index contributed by atoms with van der Waals surface area (Å²) in [4.78, 5) is 10.9. The first-order chi connectivity index (χ1) is 6.22. The molecule has 0 heterocycles. The molecule has 80 valence electrons. The Balaban J connectivity index is 0. The van der Waals surface area contributed by atoms with Gasteiger partial charge in [0.15, 0.2) is 0 Å². The van der Waals surface area contributed by atoms with E-state index in [1.807, 2.05) is 0 Å². The first-order valence-electron chi connectivity index (χ1n) is 4.01. The van der Waals surface area contributed by atoms with E-state index in [1.165, 1.54) is 0 Å². The summed E-state index contributed by atoms with van der Waals surface area (Å²) >= 11 is 0. The number of anilines is 1. The van der Waals surface area contributed by atoms with Crippen molar-refractivity contribution < 1.29 is 20.5 Å². The van der Waals surface area contributed by atoms with Crippen LogP contribution in [0.4, 0.5) is 10.5 Å². The van der Waals surface area contributed by atoms with Crippen molar-refractivity contribution in [2.45, 2.75) is 6.92 Å². The van der Waals surface area contributed by atoms with Crippen molar-refractivity contribution in [3.05, 3.63) is 24.3 Å². The standard InChI is InChI=1S/C9H10BNO2.2H2O/c1-2-13-9(12)11-8-5-3-4-7(10)6-8;;/h3-6H,2H2,1H3,(H,11,12);2*1H2/q+2;;/p-2. The van der Waals surface area contributed by atoms with E-state index in [4.69, 9.17) is 12.6 Å². The van der Waals surface area contributed by atoms with Gasteiger partial charge in [0, 0.05) is 0 Å². The molecule has 0 unspecified atom stereocenters. The minimum absolute atomic E-state index is 0. The Morgan fingerprint density at radius 3 is 2.67 bits per heavy atom. The Bertz CT molecular complexity index is 306. The number of hydrogen-bond acceptors (Lipinski definition) is 4. The predicted octanol–water partition coefficient (Wildman–Crippen LogP) is 0.695. The first-order valence-corrected chi connectivity index (χ1v) is 4.01. The Labute approximate surface area is 89.5 Å². The summed E-state index contributed by atoms with van der Waals surface area (Å²) in [6.07, 6.45) is -0.465. The zero-order valence-electron chi connectivity index (χ0n) is 8.30. The molecule has 0 aliphatic rings. The zero-order valence-corrected chi connectivity index (χ0v) is 8.30. The van der Waals surface area contributed by atoms with E-state index in [1.54, 1.807) is 31.2 Å². The van der Waals surface area contributed by atoms with Crippen molar-refractivity contribution >= 4 is 25.1 Å². The van der Waals surface area contributed by atoms with E-state index in [2.05, 4.69) is 5.32 Å². The van der Waals surface area contributed by atoms with Gasteiger partial charge in [0.1, 0.15) is 0 Å². The van der Waals surface area contributed by atoms with Gasteiger partial charge >= 0.3 is 77.7 Å². The number of benzene rings is 1. The molecule has 5 nitrogen and oxygen atoms in total. The second-order valence-corrected chi connectivity index (χ2v) is 2.47. The van der Waals surface area contributed by atoms with Crippen molar-refractivity contribution in [1.82, 2.24) is 0 Å². The molecule has 0 spiro atoms. The fourth-order valence-electron chi connectivity index (χ4n) is 0.901. The number of nitrogens with one attached hydrogen (secondary N) is 1. The Hall–Kier alpha value is -1.53. The molecule has 6 heteroatoms. The van der Waals surface area contributed by atoms with E-state index in [9.17, 15) is 4.79 Å². The van der Waals surface area contributed by atoms with Crippen LogP contribution in [0.5, 0.6) is 0 Å². The van der Waals surface area contributed by atoms with E-state index in [0.717, 1.165) is 0 Å². The molecule has 0 bridgehead atoms. The maximum atomic E-state index is 10.9. The van der Waals surface area contributed by atoms with Crippen LogP contribution in [0.3, 0.4) is 0 Å². The normalized spacial score (nSPS) is 8.20. The van der Waals surface area contributed by atoms with Gasteiger partial charge in [-0.1, -0.05) is 0 Å². The summed E-state index contributed by atoms with van der Waals surface area (Å²) in [6.45, 7) is 2.10. The molecule has 15 heavy (non-hydrogen) atoms. The van der Waals surface area contributed by atoms with Crippen LogP contribution in [0.15, 0.2) is 24.3 Å². The van der Waals surface area contributed by atoms with Crippen LogP contribution in [0, 0.1) is 0 Å². The second-order valence-electron chi connectivity index (χ2n) is 2.47. The second kappa shape index (κ2) is 7.84. The molecule has 1 aromatic rings. The van der Waals surface area contributed by atoms with Gasteiger partial charge in [-0.05, 0) is 0 Å². The van der Waals surface area contributed by atoms with E-state index in [-0.39, 0.29) is 11.0 Å². The molecule has 3 N–H and O–H groups in total. The van der Waals surface area contributed by atoms with E-state index >= 15 is 0 Å². The molecule has 0 aliphatic carbocycles. The number of hydrogen-bond donors (Lipinski definition) is 1. The summed E-state index contributed by atoms with van der Waals surface area (Å²) in [5.41, 5.74) is 1.24. The maximum absolute atomic E-state index is 10.9. The van der Waals surface area contributed by atoms with Gasteiger partial charge in [-0.2, -0.15) is 0 Å². The zero-order chi connectivity index (χ0) is 9.68. The molecule has 1 aromatic carbocycles. The summed E-state index contributed by atoms with van der Waals surface area (Å²) in [5, 5.41) is 2.54. The molecule has 1 rings (SSSR count). The average Bonchev–Trinajstić information content (AvgIpc) is 2.04. The molecule has 0 fully saturated rings. The van der Waals surface area contributed by atoms with Crippen LogP contribution in [-0.4, -0.2) is 31.5 Å². The van der Waals surface area contributed by atoms with Crippen molar-refractivity contribution in [3.8, 4) is 0 Å². The number of carbonyl (C=O) groups excluding carboxylic acids is 1. The number of ether oxygens (including phenoxy) is 1. The third-order valence-electron chi connectivity index (χ3n) is 1.41. The van der Waals surface area contributed by atoms with Gasteiger partial charge in [-0.3, -0.25) is 0 Å². The Morgan fingerprint density at radius 2 is 2.13 bits per heavy atom. The Morgan fingerprint density at radius 1 is 1.47 bits per heavy atom. The molecular formula is C9H12BNO4. The minimum Gasteiger partial charge on any atom is -0.870 e. The van der Waals surface area contributed by atoms with Crippen LogP contribution in [0.1, 0.15) is 6.92 Å². The predicted molar refractivity (Wildman–Crippen MR) is 56.3 cm³/mol. The molecule has 0 atom stereocenters. The number of amides is 1.